The molecule has 0 radical (unpaired) electrons. The molecule has 2 atom stereocenters. The van der Waals surface area contributed by atoms with E-state index in [1.54, 1.807) is 12.3 Å². The van der Waals surface area contributed by atoms with Crippen molar-refractivity contribution in [3.63, 3.8) is 0 Å². The molecule has 1 fully saturated rings. The molecule has 3 heterocycles. The first-order valence-corrected chi connectivity index (χ1v) is 9.83. The smallest absolute Gasteiger partial charge is 0.134 e. The largest absolute Gasteiger partial charge is 0.396 e. The molecule has 1 aliphatic rings. The standard InChI is InChI=1S/C22H24FN5O/c23-18-7-3-6-17(11-18)22(19-8-1-2-9-24-19)27-20-12-21(26-15-25-20)28-10-4-5-16(13-28)14-29/h1-3,6-9,11-12,15-16,22,29H,4-5,10,13-14H2,(H,25,26,27). The van der Waals surface area contributed by atoms with E-state index >= 15 is 0 Å². The van der Waals surface area contributed by atoms with Crippen molar-refractivity contribution in [2.75, 3.05) is 29.9 Å². The number of hydrogen-bond donors (Lipinski definition) is 2. The van der Waals surface area contributed by atoms with Gasteiger partial charge in [0, 0.05) is 32.0 Å². The molecule has 2 unspecified atom stereocenters. The van der Waals surface area contributed by atoms with E-state index in [1.807, 2.05) is 30.3 Å². The lowest BCUT2D eigenvalue weighted by Gasteiger charge is -2.32. The van der Waals surface area contributed by atoms with Crippen LogP contribution in [0.5, 0.6) is 0 Å². The van der Waals surface area contributed by atoms with E-state index in [9.17, 15) is 9.50 Å². The fraction of sp³-hybridized carbons (Fsp3) is 0.318. The van der Waals surface area contributed by atoms with E-state index in [4.69, 9.17) is 0 Å². The Labute approximate surface area is 169 Å². The maximum Gasteiger partial charge on any atom is 0.134 e. The molecular formula is C22H24FN5O. The molecule has 3 aromatic rings. The van der Waals surface area contributed by atoms with Crippen LogP contribution in [0.15, 0.2) is 61.1 Å². The van der Waals surface area contributed by atoms with Crippen LogP contribution in [0.4, 0.5) is 16.0 Å². The lowest BCUT2D eigenvalue weighted by Crippen LogP contribution is -2.37. The van der Waals surface area contributed by atoms with Crippen molar-refractivity contribution < 1.29 is 9.50 Å². The Balaban J connectivity index is 1.61. The van der Waals surface area contributed by atoms with Gasteiger partial charge in [0.2, 0.25) is 0 Å². The molecule has 7 heteroatoms. The molecule has 150 valence electrons. The first kappa shape index (κ1) is 19.3. The maximum absolute atomic E-state index is 13.9. The van der Waals surface area contributed by atoms with Crippen LogP contribution < -0.4 is 10.2 Å². The third-order valence-electron chi connectivity index (χ3n) is 5.21. The minimum Gasteiger partial charge on any atom is -0.396 e. The van der Waals surface area contributed by atoms with Gasteiger partial charge in [-0.05, 0) is 48.6 Å². The molecule has 2 aromatic heterocycles. The molecule has 1 aliphatic heterocycles. The fourth-order valence-electron chi connectivity index (χ4n) is 3.73. The summed E-state index contributed by atoms with van der Waals surface area (Å²) in [6.07, 6.45) is 5.31. The number of pyridine rings is 1. The molecule has 0 bridgehead atoms. The fourth-order valence-corrected chi connectivity index (χ4v) is 3.73. The predicted octanol–water partition coefficient (Wildman–Crippen LogP) is 3.42. The van der Waals surface area contributed by atoms with Crippen molar-refractivity contribution in [2.24, 2.45) is 5.92 Å². The summed E-state index contributed by atoms with van der Waals surface area (Å²) in [5, 5.41) is 12.9. The Morgan fingerprint density at radius 3 is 2.86 bits per heavy atom. The predicted molar refractivity (Wildman–Crippen MR) is 110 cm³/mol. The second kappa shape index (κ2) is 8.96. The van der Waals surface area contributed by atoms with Gasteiger partial charge in [-0.3, -0.25) is 4.98 Å². The first-order valence-electron chi connectivity index (χ1n) is 9.83. The minimum absolute atomic E-state index is 0.189. The van der Waals surface area contributed by atoms with Crippen molar-refractivity contribution in [2.45, 2.75) is 18.9 Å². The molecular weight excluding hydrogens is 369 g/mol. The molecule has 1 saturated heterocycles. The lowest BCUT2D eigenvalue weighted by molar-refractivity contribution is 0.208. The number of aliphatic hydroxyl groups is 1. The SMILES string of the molecule is OCC1CCCN(c2cc(NC(c3cccc(F)c3)c3ccccn3)ncn2)C1. The van der Waals surface area contributed by atoms with Gasteiger partial charge in [0.1, 0.15) is 23.8 Å². The number of aromatic nitrogens is 3. The van der Waals surface area contributed by atoms with E-state index in [2.05, 4.69) is 25.2 Å². The number of benzene rings is 1. The summed E-state index contributed by atoms with van der Waals surface area (Å²) < 4.78 is 13.9. The van der Waals surface area contributed by atoms with Gasteiger partial charge in [0.05, 0.1) is 11.7 Å². The third-order valence-corrected chi connectivity index (χ3v) is 5.21. The van der Waals surface area contributed by atoms with Crippen LogP contribution in [0.1, 0.15) is 30.1 Å². The minimum atomic E-state index is -0.346. The first-order chi connectivity index (χ1) is 14.2. The highest BCUT2D eigenvalue weighted by atomic mass is 19.1. The summed E-state index contributed by atoms with van der Waals surface area (Å²) in [6, 6.07) is 13.7. The van der Waals surface area contributed by atoms with E-state index in [1.165, 1.54) is 18.5 Å². The van der Waals surface area contributed by atoms with Gasteiger partial charge in [-0.1, -0.05) is 18.2 Å². The van der Waals surface area contributed by atoms with Gasteiger partial charge < -0.3 is 15.3 Å². The molecule has 29 heavy (non-hydrogen) atoms. The third kappa shape index (κ3) is 4.68. The summed E-state index contributed by atoms with van der Waals surface area (Å²) >= 11 is 0. The number of piperidine rings is 1. The average Bonchev–Trinajstić information content (AvgIpc) is 2.78. The van der Waals surface area contributed by atoms with Crippen molar-refractivity contribution in [3.8, 4) is 0 Å². The quantitative estimate of drug-likeness (QED) is 0.669. The van der Waals surface area contributed by atoms with Crippen LogP contribution >= 0.6 is 0 Å². The summed E-state index contributed by atoms with van der Waals surface area (Å²) in [7, 11) is 0. The van der Waals surface area contributed by atoms with Gasteiger partial charge in [-0.25, -0.2) is 14.4 Å². The summed E-state index contributed by atoms with van der Waals surface area (Å²) in [5.41, 5.74) is 1.54. The van der Waals surface area contributed by atoms with Crippen molar-refractivity contribution >= 4 is 11.6 Å². The molecule has 1 aromatic carbocycles. The van der Waals surface area contributed by atoms with Gasteiger partial charge in [0.25, 0.3) is 0 Å². The highest BCUT2D eigenvalue weighted by Crippen LogP contribution is 2.27. The van der Waals surface area contributed by atoms with Crippen molar-refractivity contribution in [3.05, 3.63) is 78.1 Å². The average molecular weight is 393 g/mol. The number of nitrogens with one attached hydrogen (secondary N) is 1. The van der Waals surface area contributed by atoms with Crippen LogP contribution in [-0.4, -0.2) is 39.8 Å². The monoisotopic (exact) mass is 393 g/mol. The molecule has 2 N–H and O–H groups in total. The molecule has 0 amide bonds. The topological polar surface area (TPSA) is 74.2 Å². The Morgan fingerprint density at radius 1 is 1.14 bits per heavy atom. The number of halogens is 1. The number of aliphatic hydroxyl groups excluding tert-OH is 1. The molecule has 6 nitrogen and oxygen atoms in total. The maximum atomic E-state index is 13.9. The Kier molecular flexibility index (Phi) is 5.95. The molecule has 4 rings (SSSR count). The van der Waals surface area contributed by atoms with Crippen LogP contribution in [0.2, 0.25) is 0 Å². The summed E-state index contributed by atoms with van der Waals surface area (Å²) in [6.45, 7) is 1.87. The van der Waals surface area contributed by atoms with Gasteiger partial charge in [0.15, 0.2) is 0 Å². The molecule has 0 aliphatic carbocycles. The summed E-state index contributed by atoms with van der Waals surface area (Å²) in [4.78, 5) is 15.4. The van der Waals surface area contributed by atoms with Crippen LogP contribution in [-0.2, 0) is 0 Å². The lowest BCUT2D eigenvalue weighted by atomic mass is 9.99. The second-order valence-electron chi connectivity index (χ2n) is 7.29. The van der Waals surface area contributed by atoms with Crippen molar-refractivity contribution in [1.29, 1.82) is 0 Å². The Morgan fingerprint density at radius 2 is 2.07 bits per heavy atom. The Hall–Kier alpha value is -3.06. The molecule has 0 spiro atoms. The van der Waals surface area contributed by atoms with E-state index in [0.29, 0.717) is 5.82 Å². The van der Waals surface area contributed by atoms with Gasteiger partial charge >= 0.3 is 0 Å². The molecule has 0 saturated carbocycles. The van der Waals surface area contributed by atoms with E-state index in [0.717, 1.165) is 43.0 Å². The highest BCUT2D eigenvalue weighted by Gasteiger charge is 2.22. The van der Waals surface area contributed by atoms with Crippen LogP contribution in [0.3, 0.4) is 0 Å². The number of hydrogen-bond acceptors (Lipinski definition) is 6. The second-order valence-corrected chi connectivity index (χ2v) is 7.29. The van der Waals surface area contributed by atoms with Crippen LogP contribution in [0.25, 0.3) is 0 Å². The number of nitrogens with zero attached hydrogens (tertiary/aromatic N) is 4. The van der Waals surface area contributed by atoms with Crippen LogP contribution in [0, 0.1) is 11.7 Å². The Bertz CT molecular complexity index is 939. The number of anilines is 2. The normalized spacial score (nSPS) is 17.7. The summed E-state index contributed by atoms with van der Waals surface area (Å²) in [5.74, 6) is 1.43. The van der Waals surface area contributed by atoms with Gasteiger partial charge in [-0.15, -0.1) is 0 Å². The van der Waals surface area contributed by atoms with E-state index < -0.39 is 0 Å². The van der Waals surface area contributed by atoms with Gasteiger partial charge in [-0.2, -0.15) is 0 Å². The zero-order chi connectivity index (χ0) is 20.1. The number of rotatable bonds is 6. The zero-order valence-electron chi connectivity index (χ0n) is 16.1. The van der Waals surface area contributed by atoms with Crippen molar-refractivity contribution in [1.82, 2.24) is 15.0 Å². The van der Waals surface area contributed by atoms with E-state index in [-0.39, 0.29) is 24.4 Å². The zero-order valence-corrected chi connectivity index (χ0v) is 16.1. The highest BCUT2D eigenvalue weighted by molar-refractivity contribution is 5.51.